The fourth-order valence-electron chi connectivity index (χ4n) is 3.11. The predicted octanol–water partition coefficient (Wildman–Crippen LogP) is 5.16. The minimum absolute atomic E-state index is 0.276. The van der Waals surface area contributed by atoms with Crippen molar-refractivity contribution < 1.29 is 29.3 Å². The Morgan fingerprint density at radius 2 is 1.72 bits per heavy atom. The van der Waals surface area contributed by atoms with Gasteiger partial charge in [-0.1, -0.05) is 50.8 Å². The van der Waals surface area contributed by atoms with Crippen LogP contribution in [0.4, 0.5) is 0 Å². The van der Waals surface area contributed by atoms with Crippen molar-refractivity contribution in [1.29, 1.82) is 0 Å². The number of aliphatic carboxylic acids is 2. The molecule has 0 heterocycles. The molecule has 0 aromatic heterocycles. The molecule has 0 aliphatic rings. The molecule has 7 heteroatoms. The van der Waals surface area contributed by atoms with E-state index in [2.05, 4.69) is 6.92 Å². The van der Waals surface area contributed by atoms with Crippen molar-refractivity contribution in [3.8, 4) is 5.75 Å². The van der Waals surface area contributed by atoms with Gasteiger partial charge in [0.25, 0.3) is 0 Å². The topological polar surface area (TPSA) is 93.1 Å². The van der Waals surface area contributed by atoms with Crippen LogP contribution in [-0.2, 0) is 14.3 Å². The highest BCUT2D eigenvalue weighted by Gasteiger charge is 2.24. The Morgan fingerprint density at radius 1 is 1.03 bits per heavy atom. The Hall–Kier alpha value is -1.73. The Balaban J connectivity index is 2.48. The smallest absolute Gasteiger partial charge is 0.321 e. The number of ether oxygens (including phenoxy) is 2. The summed E-state index contributed by atoms with van der Waals surface area (Å²) in [5, 5.41) is 17.4. The highest BCUT2D eigenvalue weighted by atomic mass is 32.2. The summed E-state index contributed by atoms with van der Waals surface area (Å²) in [6.45, 7) is 2.69. The molecule has 0 spiro atoms. The molecular weight excluding hydrogens is 392 g/mol. The molecule has 0 bridgehead atoms. The monoisotopic (exact) mass is 426 g/mol. The largest absolute Gasteiger partial charge is 0.493 e. The molecule has 164 valence electrons. The molecular formula is C22H34O6S. The SMILES string of the molecule is CCCCCCC(CCCCOc1ccccc1C(SCC(=O)O)C(=O)O)OC. The maximum absolute atomic E-state index is 11.6. The first-order valence-corrected chi connectivity index (χ1v) is 11.3. The van der Waals surface area contributed by atoms with Crippen LogP contribution < -0.4 is 4.74 Å². The first kappa shape index (κ1) is 25.3. The molecule has 1 aromatic carbocycles. The molecule has 0 aliphatic heterocycles. The van der Waals surface area contributed by atoms with Crippen molar-refractivity contribution in [3.63, 3.8) is 0 Å². The van der Waals surface area contributed by atoms with Gasteiger partial charge in [-0.2, -0.15) is 0 Å². The van der Waals surface area contributed by atoms with Gasteiger partial charge in [-0.15, -0.1) is 11.8 Å². The third kappa shape index (κ3) is 10.6. The number of carboxylic acids is 2. The third-order valence-electron chi connectivity index (χ3n) is 4.69. The molecule has 0 fully saturated rings. The van der Waals surface area contributed by atoms with Crippen molar-refractivity contribution in [1.82, 2.24) is 0 Å². The van der Waals surface area contributed by atoms with Gasteiger partial charge >= 0.3 is 11.9 Å². The molecule has 0 saturated heterocycles. The van der Waals surface area contributed by atoms with Crippen LogP contribution in [0.3, 0.4) is 0 Å². The maximum Gasteiger partial charge on any atom is 0.321 e. The Kier molecular flexibility index (Phi) is 13.2. The van der Waals surface area contributed by atoms with Gasteiger partial charge in [-0.3, -0.25) is 9.59 Å². The lowest BCUT2D eigenvalue weighted by atomic mass is 10.0. The van der Waals surface area contributed by atoms with E-state index in [1.54, 1.807) is 31.4 Å². The molecule has 6 nitrogen and oxygen atoms in total. The van der Waals surface area contributed by atoms with Crippen LogP contribution in [0.15, 0.2) is 24.3 Å². The summed E-state index contributed by atoms with van der Waals surface area (Å²) in [4.78, 5) is 22.4. The van der Waals surface area contributed by atoms with Crippen molar-refractivity contribution in [2.75, 3.05) is 19.5 Å². The van der Waals surface area contributed by atoms with Crippen molar-refractivity contribution in [3.05, 3.63) is 29.8 Å². The van der Waals surface area contributed by atoms with Crippen molar-refractivity contribution in [2.45, 2.75) is 69.6 Å². The maximum atomic E-state index is 11.6. The van der Waals surface area contributed by atoms with Gasteiger partial charge < -0.3 is 19.7 Å². The zero-order valence-corrected chi connectivity index (χ0v) is 18.3. The zero-order chi connectivity index (χ0) is 21.5. The highest BCUT2D eigenvalue weighted by molar-refractivity contribution is 8.00. The van der Waals surface area contributed by atoms with Crippen LogP contribution in [0.1, 0.15) is 69.1 Å². The summed E-state index contributed by atoms with van der Waals surface area (Å²) in [5.41, 5.74) is 0.497. The van der Waals surface area contributed by atoms with E-state index in [0.29, 0.717) is 17.9 Å². The number of thioether (sulfide) groups is 1. The molecule has 0 radical (unpaired) electrons. The van der Waals surface area contributed by atoms with E-state index in [1.807, 2.05) is 0 Å². The summed E-state index contributed by atoms with van der Waals surface area (Å²) in [5.74, 6) is -1.89. The van der Waals surface area contributed by atoms with Gasteiger partial charge in [-0.05, 0) is 31.7 Å². The molecule has 0 saturated carbocycles. The Morgan fingerprint density at radius 3 is 2.34 bits per heavy atom. The van der Waals surface area contributed by atoms with E-state index in [0.717, 1.165) is 37.4 Å². The summed E-state index contributed by atoms with van der Waals surface area (Å²) in [7, 11) is 1.76. The van der Waals surface area contributed by atoms with Gasteiger partial charge in [0.15, 0.2) is 0 Å². The standard InChI is InChI=1S/C22H34O6S/c1-3-4-5-6-11-17(27-2)12-9-10-15-28-19-14-8-7-13-18(19)21(22(25)26)29-16-20(23)24/h7-8,13-14,17,21H,3-6,9-12,15-16H2,1-2H3,(H,23,24)(H,25,26). The first-order valence-electron chi connectivity index (χ1n) is 10.3. The number of benzene rings is 1. The molecule has 29 heavy (non-hydrogen) atoms. The van der Waals surface area contributed by atoms with E-state index < -0.39 is 17.2 Å². The minimum Gasteiger partial charge on any atom is -0.493 e. The fourth-order valence-corrected chi connectivity index (χ4v) is 3.94. The second-order valence-corrected chi connectivity index (χ2v) is 8.11. The van der Waals surface area contributed by atoms with Gasteiger partial charge in [0.05, 0.1) is 18.5 Å². The summed E-state index contributed by atoms with van der Waals surface area (Å²) < 4.78 is 11.4. The Bertz CT molecular complexity index is 607. The lowest BCUT2D eigenvalue weighted by Gasteiger charge is -2.17. The second kappa shape index (κ2) is 15.2. The number of rotatable bonds is 17. The van der Waals surface area contributed by atoms with E-state index >= 15 is 0 Å². The number of carboxylic acid groups (broad SMARTS) is 2. The van der Waals surface area contributed by atoms with Gasteiger partial charge in [-0.25, -0.2) is 0 Å². The van der Waals surface area contributed by atoms with Crippen LogP contribution >= 0.6 is 11.8 Å². The predicted molar refractivity (Wildman–Crippen MR) is 116 cm³/mol. The molecule has 0 aliphatic carbocycles. The fraction of sp³-hybridized carbons (Fsp3) is 0.636. The molecule has 2 unspecified atom stereocenters. The van der Waals surface area contributed by atoms with E-state index in [4.69, 9.17) is 14.6 Å². The van der Waals surface area contributed by atoms with Crippen molar-refractivity contribution >= 4 is 23.7 Å². The molecule has 2 N–H and O–H groups in total. The number of para-hydroxylation sites is 1. The lowest BCUT2D eigenvalue weighted by Crippen LogP contribution is -2.13. The van der Waals surface area contributed by atoms with E-state index in [1.165, 1.54) is 25.7 Å². The number of methoxy groups -OCH3 is 1. The molecule has 1 rings (SSSR count). The highest BCUT2D eigenvalue weighted by Crippen LogP contribution is 2.35. The van der Waals surface area contributed by atoms with Crippen LogP contribution in [0, 0.1) is 0 Å². The van der Waals surface area contributed by atoms with Gasteiger partial charge in [0, 0.05) is 12.7 Å². The van der Waals surface area contributed by atoms with E-state index in [9.17, 15) is 14.7 Å². The number of hydrogen-bond donors (Lipinski definition) is 2. The number of unbranched alkanes of at least 4 members (excludes halogenated alkanes) is 4. The summed E-state index contributed by atoms with van der Waals surface area (Å²) >= 11 is 0.871. The van der Waals surface area contributed by atoms with Crippen LogP contribution in [0.25, 0.3) is 0 Å². The van der Waals surface area contributed by atoms with Crippen LogP contribution in [-0.4, -0.2) is 47.7 Å². The quantitative estimate of drug-likeness (QED) is 0.332. The van der Waals surface area contributed by atoms with E-state index in [-0.39, 0.29) is 11.9 Å². The van der Waals surface area contributed by atoms with Crippen molar-refractivity contribution in [2.24, 2.45) is 0 Å². The molecule has 2 atom stereocenters. The minimum atomic E-state index is -1.07. The van der Waals surface area contributed by atoms with Gasteiger partial charge in [0.1, 0.15) is 11.0 Å². The molecule has 0 amide bonds. The first-order chi connectivity index (χ1) is 14.0. The number of carbonyl (C=O) groups is 2. The van der Waals surface area contributed by atoms with Crippen LogP contribution in [0.5, 0.6) is 5.75 Å². The van der Waals surface area contributed by atoms with Gasteiger partial charge in [0.2, 0.25) is 0 Å². The molecule has 1 aromatic rings. The lowest BCUT2D eigenvalue weighted by molar-refractivity contribution is -0.136. The second-order valence-electron chi connectivity index (χ2n) is 7.01. The number of hydrogen-bond acceptors (Lipinski definition) is 5. The third-order valence-corrected chi connectivity index (χ3v) is 5.89. The summed E-state index contributed by atoms with van der Waals surface area (Å²) in [6, 6.07) is 6.94. The van der Waals surface area contributed by atoms with Crippen LogP contribution in [0.2, 0.25) is 0 Å². The Labute approximate surface area is 178 Å². The normalized spacial score (nSPS) is 13.0. The average Bonchev–Trinajstić information content (AvgIpc) is 2.70. The summed E-state index contributed by atoms with van der Waals surface area (Å²) in [6.07, 6.45) is 9.12. The zero-order valence-electron chi connectivity index (χ0n) is 17.5. The average molecular weight is 427 g/mol.